The van der Waals surface area contributed by atoms with Gasteiger partial charge in [0, 0.05) is 51.8 Å². The second-order valence-corrected chi connectivity index (χ2v) is 5.60. The molecule has 3 rings (SSSR count). The SMILES string of the molecule is NC1(C(=O)N2CCN(c3ncccn3)CC2)CCOCC1. The maximum Gasteiger partial charge on any atom is 0.242 e. The summed E-state index contributed by atoms with van der Waals surface area (Å²) in [6, 6.07) is 1.80. The Bertz CT molecular complexity index is 481. The molecule has 2 fully saturated rings. The van der Waals surface area contributed by atoms with Gasteiger partial charge in [-0.25, -0.2) is 9.97 Å². The zero-order valence-electron chi connectivity index (χ0n) is 12.1. The first kappa shape index (κ1) is 14.2. The van der Waals surface area contributed by atoms with Crippen LogP contribution in [0.25, 0.3) is 0 Å². The van der Waals surface area contributed by atoms with Gasteiger partial charge < -0.3 is 20.3 Å². The van der Waals surface area contributed by atoms with Gasteiger partial charge in [-0.2, -0.15) is 0 Å². The minimum absolute atomic E-state index is 0.0550. The van der Waals surface area contributed by atoms with Crippen molar-refractivity contribution in [1.82, 2.24) is 14.9 Å². The third-order valence-corrected chi connectivity index (χ3v) is 4.21. The summed E-state index contributed by atoms with van der Waals surface area (Å²) in [5, 5.41) is 0. The van der Waals surface area contributed by atoms with E-state index < -0.39 is 5.54 Å². The van der Waals surface area contributed by atoms with E-state index in [1.165, 1.54) is 0 Å². The Kier molecular flexibility index (Phi) is 4.03. The summed E-state index contributed by atoms with van der Waals surface area (Å²) in [6.07, 6.45) is 4.68. The highest BCUT2D eigenvalue weighted by Gasteiger charge is 2.39. The molecule has 1 aromatic rings. The maximum atomic E-state index is 12.6. The molecule has 2 aliphatic heterocycles. The number of carbonyl (C=O) groups excluding carboxylic acids is 1. The lowest BCUT2D eigenvalue weighted by atomic mass is 9.89. The van der Waals surface area contributed by atoms with E-state index >= 15 is 0 Å². The summed E-state index contributed by atoms with van der Waals surface area (Å²) < 4.78 is 5.30. The van der Waals surface area contributed by atoms with Crippen LogP contribution in [-0.4, -0.2) is 65.7 Å². The van der Waals surface area contributed by atoms with E-state index in [0.717, 1.165) is 19.0 Å². The number of hydrogen-bond acceptors (Lipinski definition) is 6. The van der Waals surface area contributed by atoms with Crippen LogP contribution in [0.1, 0.15) is 12.8 Å². The molecule has 1 aromatic heterocycles. The average molecular weight is 291 g/mol. The quantitative estimate of drug-likeness (QED) is 0.800. The highest BCUT2D eigenvalue weighted by atomic mass is 16.5. The Morgan fingerprint density at radius 2 is 1.76 bits per heavy atom. The highest BCUT2D eigenvalue weighted by Crippen LogP contribution is 2.21. The molecule has 3 heterocycles. The zero-order chi connectivity index (χ0) is 14.7. The molecule has 7 heteroatoms. The lowest BCUT2D eigenvalue weighted by Gasteiger charge is -2.40. The van der Waals surface area contributed by atoms with Crippen LogP contribution in [0.5, 0.6) is 0 Å². The lowest BCUT2D eigenvalue weighted by Crippen LogP contribution is -2.61. The van der Waals surface area contributed by atoms with Crippen LogP contribution in [0, 0.1) is 0 Å². The van der Waals surface area contributed by atoms with Crippen molar-refractivity contribution >= 4 is 11.9 Å². The average Bonchev–Trinajstić information content (AvgIpc) is 2.56. The zero-order valence-corrected chi connectivity index (χ0v) is 12.1. The van der Waals surface area contributed by atoms with Gasteiger partial charge in [-0.05, 0) is 18.9 Å². The molecule has 0 spiro atoms. The highest BCUT2D eigenvalue weighted by molar-refractivity contribution is 5.86. The summed E-state index contributed by atoms with van der Waals surface area (Å²) in [6.45, 7) is 3.94. The largest absolute Gasteiger partial charge is 0.381 e. The standard InChI is InChI=1S/C14H21N5O2/c15-14(2-10-21-11-3-14)12(20)18-6-8-19(9-7-18)13-16-4-1-5-17-13/h1,4-5H,2-3,6-11,15H2. The number of nitrogens with two attached hydrogens (primary N) is 1. The smallest absolute Gasteiger partial charge is 0.242 e. The van der Waals surface area contributed by atoms with E-state index in [-0.39, 0.29) is 5.91 Å². The fourth-order valence-corrected chi connectivity index (χ4v) is 2.83. The van der Waals surface area contributed by atoms with Crippen LogP contribution in [-0.2, 0) is 9.53 Å². The molecule has 2 N–H and O–H groups in total. The first-order valence-electron chi connectivity index (χ1n) is 7.37. The van der Waals surface area contributed by atoms with E-state index in [1.54, 1.807) is 18.5 Å². The summed E-state index contributed by atoms with van der Waals surface area (Å²) >= 11 is 0. The minimum Gasteiger partial charge on any atom is -0.381 e. The molecular formula is C14H21N5O2. The third kappa shape index (κ3) is 2.98. The van der Waals surface area contributed by atoms with Crippen molar-refractivity contribution < 1.29 is 9.53 Å². The molecule has 21 heavy (non-hydrogen) atoms. The lowest BCUT2D eigenvalue weighted by molar-refractivity contribution is -0.140. The normalized spacial score (nSPS) is 22.1. The molecule has 1 amide bonds. The molecule has 0 radical (unpaired) electrons. The molecule has 0 aliphatic carbocycles. The van der Waals surface area contributed by atoms with Crippen molar-refractivity contribution in [2.75, 3.05) is 44.3 Å². The minimum atomic E-state index is -0.746. The number of carbonyl (C=O) groups is 1. The number of piperazine rings is 1. The van der Waals surface area contributed by atoms with Gasteiger partial charge in [0.15, 0.2) is 0 Å². The fraction of sp³-hybridized carbons (Fsp3) is 0.643. The summed E-state index contributed by atoms with van der Waals surface area (Å²) in [5.41, 5.74) is 5.52. The molecule has 114 valence electrons. The van der Waals surface area contributed by atoms with Crippen molar-refractivity contribution in [2.24, 2.45) is 5.73 Å². The van der Waals surface area contributed by atoms with E-state index in [2.05, 4.69) is 14.9 Å². The van der Waals surface area contributed by atoms with Crippen LogP contribution in [0.3, 0.4) is 0 Å². The maximum absolute atomic E-state index is 12.6. The van der Waals surface area contributed by atoms with E-state index in [1.807, 2.05) is 4.90 Å². The fourth-order valence-electron chi connectivity index (χ4n) is 2.83. The number of nitrogens with zero attached hydrogens (tertiary/aromatic N) is 4. The Balaban J connectivity index is 1.59. The van der Waals surface area contributed by atoms with Crippen LogP contribution in [0.4, 0.5) is 5.95 Å². The number of hydrogen-bond donors (Lipinski definition) is 1. The first-order chi connectivity index (χ1) is 10.2. The van der Waals surface area contributed by atoms with Crippen molar-refractivity contribution in [3.63, 3.8) is 0 Å². The second-order valence-electron chi connectivity index (χ2n) is 5.60. The van der Waals surface area contributed by atoms with Crippen molar-refractivity contribution in [2.45, 2.75) is 18.4 Å². The van der Waals surface area contributed by atoms with Crippen LogP contribution >= 0.6 is 0 Å². The van der Waals surface area contributed by atoms with E-state index in [9.17, 15) is 4.79 Å². The van der Waals surface area contributed by atoms with Gasteiger partial charge in [-0.1, -0.05) is 0 Å². The van der Waals surface area contributed by atoms with Crippen molar-refractivity contribution in [3.8, 4) is 0 Å². The van der Waals surface area contributed by atoms with Crippen molar-refractivity contribution in [3.05, 3.63) is 18.5 Å². The molecule has 0 aromatic carbocycles. The van der Waals surface area contributed by atoms with Crippen LogP contribution < -0.4 is 10.6 Å². The predicted octanol–water partition coefficient (Wildman–Crippen LogP) is -0.367. The number of aromatic nitrogens is 2. The Morgan fingerprint density at radius 3 is 2.38 bits per heavy atom. The van der Waals surface area contributed by atoms with Gasteiger partial charge in [-0.3, -0.25) is 4.79 Å². The van der Waals surface area contributed by atoms with E-state index in [0.29, 0.717) is 39.1 Å². The molecule has 0 unspecified atom stereocenters. The van der Waals surface area contributed by atoms with Gasteiger partial charge in [0.1, 0.15) is 0 Å². The van der Waals surface area contributed by atoms with Crippen LogP contribution in [0.15, 0.2) is 18.5 Å². The van der Waals surface area contributed by atoms with Gasteiger partial charge in [0.2, 0.25) is 11.9 Å². The molecule has 2 saturated heterocycles. The Morgan fingerprint density at radius 1 is 1.14 bits per heavy atom. The predicted molar refractivity (Wildman–Crippen MR) is 77.8 cm³/mol. The summed E-state index contributed by atoms with van der Waals surface area (Å²) in [4.78, 5) is 25.1. The monoisotopic (exact) mass is 291 g/mol. The number of anilines is 1. The van der Waals surface area contributed by atoms with Gasteiger partial charge in [0.25, 0.3) is 0 Å². The Hall–Kier alpha value is -1.73. The number of ether oxygens (including phenoxy) is 1. The van der Waals surface area contributed by atoms with Crippen LogP contribution in [0.2, 0.25) is 0 Å². The Labute approximate surface area is 124 Å². The van der Waals surface area contributed by atoms with Gasteiger partial charge in [0.05, 0.1) is 5.54 Å². The van der Waals surface area contributed by atoms with Crippen molar-refractivity contribution in [1.29, 1.82) is 0 Å². The molecule has 0 bridgehead atoms. The second kappa shape index (κ2) is 5.95. The van der Waals surface area contributed by atoms with Gasteiger partial charge in [-0.15, -0.1) is 0 Å². The molecular weight excluding hydrogens is 270 g/mol. The number of amides is 1. The molecule has 7 nitrogen and oxygen atoms in total. The van der Waals surface area contributed by atoms with E-state index in [4.69, 9.17) is 10.5 Å². The molecule has 2 aliphatic rings. The summed E-state index contributed by atoms with van der Waals surface area (Å²) in [7, 11) is 0. The van der Waals surface area contributed by atoms with Gasteiger partial charge >= 0.3 is 0 Å². The first-order valence-corrected chi connectivity index (χ1v) is 7.37. The third-order valence-electron chi connectivity index (χ3n) is 4.21. The summed E-state index contributed by atoms with van der Waals surface area (Å²) in [5.74, 6) is 0.776. The molecule has 0 saturated carbocycles. The topological polar surface area (TPSA) is 84.6 Å². The molecule has 0 atom stereocenters. The number of rotatable bonds is 2.